The van der Waals surface area contributed by atoms with Gasteiger partial charge in [-0.05, 0) is 31.0 Å². The van der Waals surface area contributed by atoms with Crippen molar-refractivity contribution in [1.82, 2.24) is 9.55 Å². The van der Waals surface area contributed by atoms with Gasteiger partial charge in [0.15, 0.2) is 6.10 Å². The van der Waals surface area contributed by atoms with E-state index >= 15 is 0 Å². The van der Waals surface area contributed by atoms with E-state index in [2.05, 4.69) is 4.98 Å². The second kappa shape index (κ2) is 8.90. The van der Waals surface area contributed by atoms with Gasteiger partial charge < -0.3 is 9.30 Å². The van der Waals surface area contributed by atoms with E-state index in [1.54, 1.807) is 6.92 Å². The number of aryl methyl sites for hydroxylation is 1. The van der Waals surface area contributed by atoms with Crippen molar-refractivity contribution in [2.75, 3.05) is 6.61 Å². The molecule has 1 unspecified atom stereocenters. The molecule has 10 nitrogen and oxygen atoms in total. The van der Waals surface area contributed by atoms with Crippen LogP contribution in [-0.4, -0.2) is 26.2 Å². The summed E-state index contributed by atoms with van der Waals surface area (Å²) in [5, 5.41) is 21.0. The lowest BCUT2D eigenvalue weighted by molar-refractivity contribution is -0.775. The van der Waals surface area contributed by atoms with Gasteiger partial charge in [-0.25, -0.2) is 4.98 Å². The number of benzene rings is 1. The average Bonchev–Trinajstić information content (AvgIpc) is 3.03. The zero-order valence-corrected chi connectivity index (χ0v) is 14.4. The summed E-state index contributed by atoms with van der Waals surface area (Å²) in [6.45, 7) is 3.99. The quantitative estimate of drug-likeness (QED) is 0.361. The minimum Gasteiger partial charge on any atom is -0.362 e. The number of hydrogen-bond donors (Lipinski definition) is 0. The van der Waals surface area contributed by atoms with Crippen molar-refractivity contribution in [1.29, 1.82) is 0 Å². The minimum absolute atomic E-state index is 0.0905. The Kier molecular flexibility index (Phi) is 6.61. The largest absolute Gasteiger partial charge is 0.362 e. The first kappa shape index (κ1) is 19.3. The number of non-ortho nitro benzene ring substituents is 1. The molecule has 0 fully saturated rings. The summed E-state index contributed by atoms with van der Waals surface area (Å²) < 4.78 is 7.24. The molecule has 0 amide bonds. The van der Waals surface area contributed by atoms with Gasteiger partial charge >= 0.3 is 0 Å². The molecule has 1 radical (unpaired) electrons. The number of nitrogens with zero attached hydrogens (tertiary/aromatic N) is 4. The third-order valence-electron chi connectivity index (χ3n) is 3.64. The van der Waals surface area contributed by atoms with Gasteiger partial charge in [-0.2, -0.15) is 0 Å². The highest BCUT2D eigenvalue weighted by atomic mass is 17.0. The van der Waals surface area contributed by atoms with Gasteiger partial charge in [-0.1, -0.05) is 13.3 Å². The van der Waals surface area contributed by atoms with Crippen LogP contribution >= 0.6 is 0 Å². The molecule has 2 rings (SSSR count). The summed E-state index contributed by atoms with van der Waals surface area (Å²) in [5.74, 6) is 0.496. The molecule has 26 heavy (non-hydrogen) atoms. The van der Waals surface area contributed by atoms with Crippen LogP contribution in [-0.2, 0) is 9.57 Å². The molecule has 2 aromatic rings. The number of ether oxygens (including phenoxy) is 1. The van der Waals surface area contributed by atoms with Gasteiger partial charge in [-0.15, -0.1) is 10.1 Å². The maximum atomic E-state index is 11.0. The van der Waals surface area contributed by atoms with E-state index in [1.165, 1.54) is 41.2 Å². The van der Waals surface area contributed by atoms with Gasteiger partial charge in [0.05, 0.1) is 4.92 Å². The molecule has 0 N–H and O–H groups in total. The van der Waals surface area contributed by atoms with Crippen molar-refractivity contribution in [3.8, 4) is 0 Å². The van der Waals surface area contributed by atoms with Crippen molar-refractivity contribution in [3.05, 3.63) is 74.4 Å². The molecular weight excluding hydrogens is 344 g/mol. The lowest BCUT2D eigenvalue weighted by atomic mass is 10.1. The first-order valence-corrected chi connectivity index (χ1v) is 7.99. The Morgan fingerprint density at radius 2 is 1.96 bits per heavy atom. The second-order valence-corrected chi connectivity index (χ2v) is 5.43. The molecular formula is C16H19N4O6. The molecule has 10 heteroatoms. The fourth-order valence-corrected chi connectivity index (χ4v) is 2.31. The van der Waals surface area contributed by atoms with Crippen LogP contribution in [0.3, 0.4) is 0 Å². The number of unbranched alkanes of at least 4 members (excludes halogenated alkanes) is 1. The molecule has 1 heterocycles. The zero-order chi connectivity index (χ0) is 19.1. The smallest absolute Gasteiger partial charge is 0.296 e. The van der Waals surface area contributed by atoms with Crippen LogP contribution in [0.1, 0.15) is 37.4 Å². The maximum Gasteiger partial charge on any atom is 0.296 e. The molecule has 139 valence electrons. The van der Waals surface area contributed by atoms with Crippen LogP contribution in [0.25, 0.3) is 0 Å². The van der Waals surface area contributed by atoms with Crippen molar-refractivity contribution in [3.63, 3.8) is 0 Å². The fraction of sp³-hybridized carbons (Fsp3) is 0.375. The molecule has 0 aliphatic heterocycles. The van der Waals surface area contributed by atoms with Crippen LogP contribution < -0.4 is 0 Å². The standard InChI is InChI=1S/C16H19N4O6/c1-3-4-11-25-15(13-5-7-14(8-6-13)19(21)22)16(26-20(23)24)18-10-9-17-12(18)2/h5-10,16H,3-4,11H2,1-2H3. The summed E-state index contributed by atoms with van der Waals surface area (Å²) in [4.78, 5) is 30.2. The maximum absolute atomic E-state index is 11.0. The lowest BCUT2D eigenvalue weighted by Crippen LogP contribution is -2.27. The van der Waals surface area contributed by atoms with Crippen molar-refractivity contribution >= 4 is 5.69 Å². The lowest BCUT2D eigenvalue weighted by Gasteiger charge is -2.26. The first-order valence-electron chi connectivity index (χ1n) is 7.99. The molecule has 0 aliphatic carbocycles. The SMILES string of the molecule is CCCCO[C](c1ccc([N+](=O)[O-])cc1)C(O[N+](=O)[O-])n1ccnc1C. The number of hydrogen-bond acceptors (Lipinski definition) is 7. The van der Waals surface area contributed by atoms with E-state index in [1.807, 2.05) is 6.92 Å². The minimum atomic E-state index is -1.19. The highest BCUT2D eigenvalue weighted by Gasteiger charge is 2.32. The Hall–Kier alpha value is -3.01. The molecule has 0 saturated heterocycles. The Morgan fingerprint density at radius 1 is 1.27 bits per heavy atom. The van der Waals surface area contributed by atoms with Crippen LogP contribution in [0.5, 0.6) is 0 Å². The Morgan fingerprint density at radius 3 is 2.46 bits per heavy atom. The third-order valence-corrected chi connectivity index (χ3v) is 3.64. The van der Waals surface area contributed by atoms with Gasteiger partial charge in [0.2, 0.25) is 6.23 Å². The molecule has 1 aromatic carbocycles. The summed E-state index contributed by atoms with van der Waals surface area (Å²) >= 11 is 0. The Bertz CT molecular complexity index is 745. The third kappa shape index (κ3) is 4.76. The highest BCUT2D eigenvalue weighted by molar-refractivity contribution is 5.38. The van der Waals surface area contributed by atoms with Crippen LogP contribution in [0.2, 0.25) is 0 Å². The van der Waals surface area contributed by atoms with E-state index < -0.39 is 16.2 Å². The van der Waals surface area contributed by atoms with Crippen LogP contribution in [0.15, 0.2) is 36.7 Å². The molecule has 0 bridgehead atoms. The first-order chi connectivity index (χ1) is 12.4. The van der Waals surface area contributed by atoms with Gasteiger partial charge in [0.25, 0.3) is 10.8 Å². The predicted molar refractivity (Wildman–Crippen MR) is 90.4 cm³/mol. The monoisotopic (exact) mass is 363 g/mol. The summed E-state index contributed by atoms with van der Waals surface area (Å²) in [6, 6.07) is 5.56. The Labute approximate surface area is 149 Å². The van der Waals surface area contributed by atoms with Crippen molar-refractivity contribution in [2.24, 2.45) is 0 Å². The van der Waals surface area contributed by atoms with Gasteiger partial charge in [0.1, 0.15) is 5.82 Å². The Balaban J connectivity index is 2.40. The number of imidazole rings is 1. The fourth-order valence-electron chi connectivity index (χ4n) is 2.31. The van der Waals surface area contributed by atoms with E-state index in [4.69, 9.17) is 9.57 Å². The van der Waals surface area contributed by atoms with Crippen molar-refractivity contribution < 1.29 is 19.6 Å². The topological polar surface area (TPSA) is 123 Å². The summed E-state index contributed by atoms with van der Waals surface area (Å²) in [7, 11) is 0. The molecule has 0 spiro atoms. The number of nitro groups is 1. The molecule has 0 saturated carbocycles. The molecule has 1 atom stereocenters. The number of nitro benzene ring substituents is 1. The van der Waals surface area contributed by atoms with Crippen LogP contribution in [0.4, 0.5) is 5.69 Å². The number of aromatic nitrogens is 2. The van der Waals surface area contributed by atoms with Crippen LogP contribution in [0, 0.1) is 33.3 Å². The van der Waals surface area contributed by atoms with E-state index in [0.29, 0.717) is 18.0 Å². The molecule has 1 aromatic heterocycles. The highest BCUT2D eigenvalue weighted by Crippen LogP contribution is 2.32. The van der Waals surface area contributed by atoms with E-state index in [9.17, 15) is 20.2 Å². The van der Waals surface area contributed by atoms with Gasteiger partial charge in [0, 0.05) is 31.1 Å². The zero-order valence-electron chi connectivity index (χ0n) is 14.4. The average molecular weight is 363 g/mol. The summed E-state index contributed by atoms with van der Waals surface area (Å²) in [6.07, 6.45) is 3.64. The van der Waals surface area contributed by atoms with Gasteiger partial charge in [-0.3, -0.25) is 15.0 Å². The van der Waals surface area contributed by atoms with E-state index in [-0.39, 0.29) is 11.8 Å². The number of rotatable bonds is 10. The van der Waals surface area contributed by atoms with Crippen molar-refractivity contribution in [2.45, 2.75) is 32.9 Å². The molecule has 0 aliphatic rings. The predicted octanol–water partition coefficient (Wildman–Crippen LogP) is 3.20. The second-order valence-electron chi connectivity index (χ2n) is 5.43. The van der Waals surface area contributed by atoms with E-state index in [0.717, 1.165) is 12.8 Å². The summed E-state index contributed by atoms with van der Waals surface area (Å²) in [5.41, 5.74) is 0.360. The normalized spacial score (nSPS) is 12.1.